The molecule has 1 aliphatic carbocycles. The molecule has 0 aromatic carbocycles. The van der Waals surface area contributed by atoms with E-state index in [1.807, 2.05) is 0 Å². The van der Waals surface area contributed by atoms with Gasteiger partial charge in [-0.1, -0.05) is 19.8 Å². The van der Waals surface area contributed by atoms with Gasteiger partial charge in [-0.2, -0.15) is 0 Å². The van der Waals surface area contributed by atoms with Crippen molar-refractivity contribution in [2.75, 3.05) is 26.2 Å². The largest absolute Gasteiger partial charge is 0.396 e. The Morgan fingerprint density at radius 3 is 2.71 bits per heavy atom. The van der Waals surface area contributed by atoms with Crippen LogP contribution in [-0.2, 0) is 0 Å². The molecule has 2 unspecified atom stereocenters. The van der Waals surface area contributed by atoms with Gasteiger partial charge in [0.05, 0.1) is 0 Å². The molecule has 1 saturated carbocycles. The van der Waals surface area contributed by atoms with Crippen LogP contribution in [0.2, 0.25) is 0 Å². The van der Waals surface area contributed by atoms with Crippen molar-refractivity contribution >= 4 is 0 Å². The molecule has 1 saturated heterocycles. The van der Waals surface area contributed by atoms with E-state index in [-0.39, 0.29) is 0 Å². The standard InChI is InChI=1S/C14H28N2O/c1-2-12-9-13(15-7-4-8-17)11-16(10-12)14-5-3-6-14/h12-15,17H,2-11H2,1H3. The van der Waals surface area contributed by atoms with E-state index in [4.69, 9.17) is 5.11 Å². The van der Waals surface area contributed by atoms with E-state index in [2.05, 4.69) is 17.1 Å². The van der Waals surface area contributed by atoms with Gasteiger partial charge in [0.15, 0.2) is 0 Å². The van der Waals surface area contributed by atoms with Crippen LogP contribution in [0.3, 0.4) is 0 Å². The third-order valence-electron chi connectivity index (χ3n) is 4.50. The van der Waals surface area contributed by atoms with E-state index in [1.165, 1.54) is 45.2 Å². The van der Waals surface area contributed by atoms with Crippen molar-refractivity contribution in [3.05, 3.63) is 0 Å². The molecule has 1 heterocycles. The first kappa shape index (κ1) is 13.3. The summed E-state index contributed by atoms with van der Waals surface area (Å²) >= 11 is 0. The molecule has 0 spiro atoms. The minimum absolute atomic E-state index is 0.309. The van der Waals surface area contributed by atoms with E-state index in [0.29, 0.717) is 12.6 Å². The summed E-state index contributed by atoms with van der Waals surface area (Å²) in [5.41, 5.74) is 0. The van der Waals surface area contributed by atoms with Crippen molar-refractivity contribution in [1.29, 1.82) is 0 Å². The Labute approximate surface area is 106 Å². The van der Waals surface area contributed by atoms with Gasteiger partial charge in [-0.3, -0.25) is 4.90 Å². The Hall–Kier alpha value is -0.120. The fourth-order valence-electron chi connectivity index (χ4n) is 3.12. The number of rotatable bonds is 6. The van der Waals surface area contributed by atoms with Gasteiger partial charge in [-0.25, -0.2) is 0 Å². The lowest BCUT2D eigenvalue weighted by Gasteiger charge is -2.45. The van der Waals surface area contributed by atoms with Crippen molar-refractivity contribution < 1.29 is 5.11 Å². The molecule has 0 radical (unpaired) electrons. The predicted molar refractivity (Wildman–Crippen MR) is 71.1 cm³/mol. The van der Waals surface area contributed by atoms with Crippen LogP contribution in [0, 0.1) is 5.92 Å². The lowest BCUT2D eigenvalue weighted by molar-refractivity contribution is 0.0573. The highest BCUT2D eigenvalue weighted by atomic mass is 16.3. The summed E-state index contributed by atoms with van der Waals surface area (Å²) in [7, 11) is 0. The molecular weight excluding hydrogens is 212 g/mol. The molecule has 2 rings (SSSR count). The molecule has 3 heteroatoms. The van der Waals surface area contributed by atoms with E-state index in [0.717, 1.165) is 24.9 Å². The number of nitrogens with zero attached hydrogens (tertiary/aromatic N) is 1. The van der Waals surface area contributed by atoms with Crippen LogP contribution < -0.4 is 5.32 Å². The van der Waals surface area contributed by atoms with Gasteiger partial charge < -0.3 is 10.4 Å². The molecule has 0 aromatic rings. The fourth-order valence-corrected chi connectivity index (χ4v) is 3.12. The minimum Gasteiger partial charge on any atom is -0.396 e. The molecule has 2 aliphatic rings. The predicted octanol–water partition coefficient (Wildman–Crippen LogP) is 1.61. The fraction of sp³-hybridized carbons (Fsp3) is 1.00. The van der Waals surface area contributed by atoms with Gasteiger partial charge in [0, 0.05) is 31.8 Å². The molecule has 0 amide bonds. The number of aliphatic hydroxyl groups is 1. The molecule has 0 bridgehead atoms. The highest BCUT2D eigenvalue weighted by Crippen LogP contribution is 2.30. The van der Waals surface area contributed by atoms with Crippen molar-refractivity contribution in [3.8, 4) is 0 Å². The highest BCUT2D eigenvalue weighted by molar-refractivity contribution is 4.89. The van der Waals surface area contributed by atoms with Crippen LogP contribution in [0.4, 0.5) is 0 Å². The number of likely N-dealkylation sites (tertiary alicyclic amines) is 1. The summed E-state index contributed by atoms with van der Waals surface area (Å²) in [6, 6.07) is 1.53. The van der Waals surface area contributed by atoms with Gasteiger partial charge in [-0.15, -0.1) is 0 Å². The monoisotopic (exact) mass is 240 g/mol. The van der Waals surface area contributed by atoms with Crippen LogP contribution in [0.1, 0.15) is 45.4 Å². The zero-order valence-electron chi connectivity index (χ0n) is 11.2. The maximum absolute atomic E-state index is 8.83. The minimum atomic E-state index is 0.309. The van der Waals surface area contributed by atoms with E-state index in [1.54, 1.807) is 0 Å². The van der Waals surface area contributed by atoms with Gasteiger partial charge in [0.25, 0.3) is 0 Å². The first-order valence-corrected chi connectivity index (χ1v) is 7.41. The molecule has 2 N–H and O–H groups in total. The van der Waals surface area contributed by atoms with Crippen LogP contribution in [0.25, 0.3) is 0 Å². The summed E-state index contributed by atoms with van der Waals surface area (Å²) in [4.78, 5) is 2.72. The highest BCUT2D eigenvalue weighted by Gasteiger charge is 2.32. The lowest BCUT2D eigenvalue weighted by atomic mass is 9.85. The Kier molecular flexibility index (Phi) is 5.26. The average Bonchev–Trinajstić information content (AvgIpc) is 2.27. The molecule has 2 atom stereocenters. The first-order chi connectivity index (χ1) is 8.33. The van der Waals surface area contributed by atoms with Crippen molar-refractivity contribution in [2.45, 2.75) is 57.5 Å². The van der Waals surface area contributed by atoms with Crippen LogP contribution in [0.5, 0.6) is 0 Å². The maximum atomic E-state index is 8.83. The van der Waals surface area contributed by atoms with Gasteiger partial charge in [0.1, 0.15) is 0 Å². The summed E-state index contributed by atoms with van der Waals surface area (Å²) in [6.07, 6.45) is 7.78. The second-order valence-corrected chi connectivity index (χ2v) is 5.78. The second-order valence-electron chi connectivity index (χ2n) is 5.78. The molecule has 100 valence electrons. The number of hydrogen-bond donors (Lipinski definition) is 2. The molecule has 1 aliphatic heterocycles. The number of hydrogen-bond acceptors (Lipinski definition) is 3. The normalized spacial score (nSPS) is 31.4. The summed E-state index contributed by atoms with van der Waals surface area (Å²) in [5.74, 6) is 0.871. The molecule has 2 fully saturated rings. The SMILES string of the molecule is CCC1CC(NCCCO)CN(C2CCC2)C1. The van der Waals surface area contributed by atoms with Gasteiger partial charge >= 0.3 is 0 Å². The van der Waals surface area contributed by atoms with Crippen molar-refractivity contribution in [3.63, 3.8) is 0 Å². The number of aliphatic hydroxyl groups excluding tert-OH is 1. The zero-order valence-corrected chi connectivity index (χ0v) is 11.2. The van der Waals surface area contributed by atoms with Crippen molar-refractivity contribution in [2.24, 2.45) is 5.92 Å². The summed E-state index contributed by atoms with van der Waals surface area (Å²) in [6.45, 7) is 6.14. The number of nitrogens with one attached hydrogen (secondary N) is 1. The molecule has 0 aromatic heterocycles. The average molecular weight is 240 g/mol. The third-order valence-corrected chi connectivity index (χ3v) is 4.50. The van der Waals surface area contributed by atoms with E-state index < -0.39 is 0 Å². The van der Waals surface area contributed by atoms with Crippen LogP contribution >= 0.6 is 0 Å². The van der Waals surface area contributed by atoms with Gasteiger partial charge in [0.2, 0.25) is 0 Å². The zero-order chi connectivity index (χ0) is 12.1. The van der Waals surface area contributed by atoms with Crippen LogP contribution in [0.15, 0.2) is 0 Å². The quantitative estimate of drug-likeness (QED) is 0.692. The third kappa shape index (κ3) is 3.67. The molecule has 3 nitrogen and oxygen atoms in total. The molecular formula is C14H28N2O. The Morgan fingerprint density at radius 1 is 1.29 bits per heavy atom. The summed E-state index contributed by atoms with van der Waals surface area (Å²) in [5, 5.41) is 12.4. The van der Waals surface area contributed by atoms with E-state index in [9.17, 15) is 0 Å². The molecule has 17 heavy (non-hydrogen) atoms. The van der Waals surface area contributed by atoms with Crippen LogP contribution in [-0.4, -0.2) is 48.3 Å². The maximum Gasteiger partial charge on any atom is 0.0443 e. The Morgan fingerprint density at radius 2 is 2.12 bits per heavy atom. The van der Waals surface area contributed by atoms with Crippen molar-refractivity contribution in [1.82, 2.24) is 10.2 Å². The second kappa shape index (κ2) is 6.72. The van der Waals surface area contributed by atoms with Gasteiger partial charge in [-0.05, 0) is 38.1 Å². The first-order valence-electron chi connectivity index (χ1n) is 7.41. The lowest BCUT2D eigenvalue weighted by Crippen LogP contribution is -2.54. The Balaban J connectivity index is 1.79. The smallest absolute Gasteiger partial charge is 0.0443 e. The Bertz CT molecular complexity index is 218. The topological polar surface area (TPSA) is 35.5 Å². The number of piperidine rings is 1. The summed E-state index contributed by atoms with van der Waals surface area (Å²) < 4.78 is 0. The van der Waals surface area contributed by atoms with E-state index >= 15 is 0 Å².